The molecule has 0 unspecified atom stereocenters. The van der Waals surface area contributed by atoms with Gasteiger partial charge in [-0.15, -0.1) is 0 Å². The molecule has 2 aromatic rings. The first-order valence-corrected chi connectivity index (χ1v) is 5.29. The summed E-state index contributed by atoms with van der Waals surface area (Å²) in [4.78, 5) is 6.79. The lowest BCUT2D eigenvalue weighted by molar-refractivity contribution is 1.08. The summed E-state index contributed by atoms with van der Waals surface area (Å²) in [5, 5.41) is 3.20. The van der Waals surface area contributed by atoms with E-state index in [9.17, 15) is 0 Å². The molecule has 0 atom stereocenters. The fraction of sp³-hybridized carbons (Fsp3) is 0.0909. The fourth-order valence-electron chi connectivity index (χ4n) is 1.36. The molecule has 0 aliphatic rings. The molecule has 0 radical (unpaired) electrons. The number of hydrogen-bond donors (Lipinski definition) is 3. The van der Waals surface area contributed by atoms with Crippen LogP contribution < -0.4 is 11.1 Å². The Morgan fingerprint density at radius 3 is 2.75 bits per heavy atom. The zero-order chi connectivity index (χ0) is 11.4. The first-order valence-electron chi connectivity index (χ1n) is 4.89. The van der Waals surface area contributed by atoms with Gasteiger partial charge in [0.15, 0.2) is 5.95 Å². The average molecular weight is 232 g/mol. The van der Waals surface area contributed by atoms with Gasteiger partial charge in [-0.2, -0.15) is 0 Å². The standard InChI is InChI=1S/C11H12N4S/c12-11-14-9(6-10(16)15-11)13-7-8-4-2-1-3-5-8/h1-6H,7H2,(H4,12,13,14,15,16). The van der Waals surface area contributed by atoms with Gasteiger partial charge in [-0.1, -0.05) is 42.5 Å². The Kier molecular flexibility index (Phi) is 3.16. The Hall–Kier alpha value is -1.88. The summed E-state index contributed by atoms with van der Waals surface area (Å²) in [6.07, 6.45) is 0. The van der Waals surface area contributed by atoms with Gasteiger partial charge in [0.1, 0.15) is 10.5 Å². The van der Waals surface area contributed by atoms with E-state index in [4.69, 9.17) is 18.0 Å². The van der Waals surface area contributed by atoms with Gasteiger partial charge in [0.05, 0.1) is 0 Å². The van der Waals surface area contributed by atoms with E-state index in [-0.39, 0.29) is 0 Å². The molecule has 0 bridgehead atoms. The van der Waals surface area contributed by atoms with Gasteiger partial charge in [-0.05, 0) is 5.56 Å². The van der Waals surface area contributed by atoms with Crippen molar-refractivity contribution in [1.82, 2.24) is 9.97 Å². The molecule has 0 aliphatic carbocycles. The van der Waals surface area contributed by atoms with Gasteiger partial charge in [0.2, 0.25) is 0 Å². The lowest BCUT2D eigenvalue weighted by atomic mass is 10.2. The second-order valence-electron chi connectivity index (χ2n) is 3.36. The molecule has 0 spiro atoms. The number of H-pyrrole nitrogens is 1. The largest absolute Gasteiger partial charge is 0.369 e. The van der Waals surface area contributed by atoms with Crippen molar-refractivity contribution >= 4 is 24.0 Å². The molecule has 0 saturated heterocycles. The van der Waals surface area contributed by atoms with Crippen molar-refractivity contribution in [3.05, 3.63) is 46.6 Å². The summed E-state index contributed by atoms with van der Waals surface area (Å²) in [6, 6.07) is 11.8. The highest BCUT2D eigenvalue weighted by molar-refractivity contribution is 7.71. The third kappa shape index (κ3) is 2.80. The van der Waals surface area contributed by atoms with Crippen molar-refractivity contribution in [3.8, 4) is 0 Å². The van der Waals surface area contributed by atoms with E-state index < -0.39 is 0 Å². The Morgan fingerprint density at radius 1 is 1.31 bits per heavy atom. The maximum atomic E-state index is 5.56. The Balaban J connectivity index is 2.08. The third-order valence-corrected chi connectivity index (χ3v) is 2.30. The van der Waals surface area contributed by atoms with Crippen LogP contribution in [0.2, 0.25) is 0 Å². The molecule has 1 aromatic carbocycles. The molecule has 4 N–H and O–H groups in total. The molecule has 1 aromatic heterocycles. The van der Waals surface area contributed by atoms with Crippen LogP contribution in [0.1, 0.15) is 5.56 Å². The van der Waals surface area contributed by atoms with Crippen molar-refractivity contribution in [2.24, 2.45) is 0 Å². The molecule has 0 aliphatic heterocycles. The van der Waals surface area contributed by atoms with E-state index in [0.29, 0.717) is 10.6 Å². The second kappa shape index (κ2) is 4.76. The monoisotopic (exact) mass is 232 g/mol. The van der Waals surface area contributed by atoms with Gasteiger partial charge in [0.25, 0.3) is 0 Å². The van der Waals surface area contributed by atoms with E-state index in [1.165, 1.54) is 5.56 Å². The minimum atomic E-state index is 0.322. The van der Waals surface area contributed by atoms with Crippen molar-refractivity contribution in [2.45, 2.75) is 6.54 Å². The van der Waals surface area contributed by atoms with E-state index in [0.717, 1.165) is 12.4 Å². The molecule has 0 fully saturated rings. The Bertz CT molecular complexity index is 521. The first kappa shape index (κ1) is 10.6. The van der Waals surface area contributed by atoms with Crippen LogP contribution in [0.4, 0.5) is 11.8 Å². The number of benzene rings is 1. The minimum absolute atomic E-state index is 0.322. The quantitative estimate of drug-likeness (QED) is 0.711. The number of rotatable bonds is 3. The van der Waals surface area contributed by atoms with Crippen LogP contribution in [0.5, 0.6) is 0 Å². The smallest absolute Gasteiger partial charge is 0.200 e. The van der Waals surface area contributed by atoms with Crippen molar-refractivity contribution in [1.29, 1.82) is 0 Å². The molecule has 82 valence electrons. The number of hydrogen-bond acceptors (Lipinski definition) is 4. The van der Waals surface area contributed by atoms with Crippen LogP contribution in [0, 0.1) is 4.64 Å². The predicted molar refractivity (Wildman–Crippen MR) is 67.6 cm³/mol. The van der Waals surface area contributed by atoms with Crippen LogP contribution in [0.3, 0.4) is 0 Å². The average Bonchev–Trinajstić information content (AvgIpc) is 2.27. The van der Waals surface area contributed by atoms with Crippen LogP contribution >= 0.6 is 12.2 Å². The summed E-state index contributed by atoms with van der Waals surface area (Å²) in [5.41, 5.74) is 6.75. The molecule has 4 nitrogen and oxygen atoms in total. The molecule has 1 heterocycles. The summed E-state index contributed by atoms with van der Waals surface area (Å²) in [7, 11) is 0. The normalized spacial score (nSPS) is 10.0. The number of nitrogen functional groups attached to an aromatic ring is 1. The Morgan fingerprint density at radius 2 is 2.06 bits per heavy atom. The number of aromatic nitrogens is 2. The summed E-state index contributed by atoms with van der Waals surface area (Å²) in [5.74, 6) is 1.10. The highest BCUT2D eigenvalue weighted by Crippen LogP contribution is 2.07. The fourth-order valence-corrected chi connectivity index (χ4v) is 1.58. The van der Waals surface area contributed by atoms with Crippen LogP contribution in [-0.2, 0) is 6.54 Å². The van der Waals surface area contributed by atoms with Crippen LogP contribution in [-0.4, -0.2) is 9.97 Å². The number of nitrogens with one attached hydrogen (secondary N) is 2. The zero-order valence-corrected chi connectivity index (χ0v) is 9.42. The summed E-state index contributed by atoms with van der Waals surface area (Å²) in [6.45, 7) is 0.718. The Labute approximate surface area is 98.5 Å². The lowest BCUT2D eigenvalue weighted by Gasteiger charge is -2.06. The van der Waals surface area contributed by atoms with Gasteiger partial charge in [-0.3, -0.25) is 0 Å². The number of nitrogens with two attached hydrogens (primary N) is 1. The van der Waals surface area contributed by atoms with Crippen LogP contribution in [0.15, 0.2) is 36.4 Å². The number of aromatic amines is 1. The summed E-state index contributed by atoms with van der Waals surface area (Å²) < 4.78 is 0.479. The molecular weight excluding hydrogens is 220 g/mol. The number of anilines is 2. The van der Waals surface area contributed by atoms with Crippen molar-refractivity contribution in [2.75, 3.05) is 11.1 Å². The highest BCUT2D eigenvalue weighted by atomic mass is 32.1. The van der Waals surface area contributed by atoms with Crippen molar-refractivity contribution < 1.29 is 0 Å². The zero-order valence-electron chi connectivity index (χ0n) is 8.60. The topological polar surface area (TPSA) is 66.7 Å². The molecule has 2 rings (SSSR count). The maximum Gasteiger partial charge on any atom is 0.200 e. The first-order chi connectivity index (χ1) is 7.74. The molecular formula is C11H12N4S. The predicted octanol–water partition coefficient (Wildman–Crippen LogP) is 2.33. The highest BCUT2D eigenvalue weighted by Gasteiger charge is 1.95. The van der Waals surface area contributed by atoms with Crippen LogP contribution in [0.25, 0.3) is 0 Å². The van der Waals surface area contributed by atoms with Crippen molar-refractivity contribution in [3.63, 3.8) is 0 Å². The maximum absolute atomic E-state index is 5.56. The van der Waals surface area contributed by atoms with Gasteiger partial charge >= 0.3 is 0 Å². The van der Waals surface area contributed by atoms with E-state index in [1.54, 1.807) is 6.07 Å². The summed E-state index contributed by atoms with van der Waals surface area (Å²) >= 11 is 4.97. The van der Waals surface area contributed by atoms with Gasteiger partial charge in [-0.25, -0.2) is 4.98 Å². The molecule has 16 heavy (non-hydrogen) atoms. The lowest BCUT2D eigenvalue weighted by Crippen LogP contribution is -2.04. The van der Waals surface area contributed by atoms with Gasteiger partial charge in [0, 0.05) is 12.6 Å². The minimum Gasteiger partial charge on any atom is -0.369 e. The molecule has 5 heteroatoms. The van der Waals surface area contributed by atoms with Gasteiger partial charge < -0.3 is 16.0 Å². The van der Waals surface area contributed by atoms with E-state index in [1.807, 2.05) is 30.3 Å². The third-order valence-electron chi connectivity index (χ3n) is 2.09. The molecule has 0 saturated carbocycles. The SMILES string of the molecule is Nc1nc(=S)cc(NCc2ccccc2)[nH]1. The molecule has 0 amide bonds. The second-order valence-corrected chi connectivity index (χ2v) is 3.78. The van der Waals surface area contributed by atoms with E-state index in [2.05, 4.69) is 15.3 Å². The van der Waals surface area contributed by atoms with E-state index >= 15 is 0 Å². The number of nitrogens with zero attached hydrogens (tertiary/aromatic N) is 1.